The highest BCUT2D eigenvalue weighted by atomic mass is 35.5. The molecule has 1 saturated heterocycles. The number of aromatic nitrogens is 2. The maximum absolute atomic E-state index is 13.0. The number of carbonyl (C=O) groups excluding carboxylic acids is 1. The summed E-state index contributed by atoms with van der Waals surface area (Å²) in [6.07, 6.45) is 1.70. The number of aryl methyl sites for hydroxylation is 3. The van der Waals surface area contributed by atoms with Gasteiger partial charge < -0.3 is 10.2 Å². The summed E-state index contributed by atoms with van der Waals surface area (Å²) in [6.45, 7) is 7.29. The van der Waals surface area contributed by atoms with Gasteiger partial charge in [-0.05, 0) is 69.0 Å². The van der Waals surface area contributed by atoms with E-state index in [1.807, 2.05) is 45.0 Å². The Kier molecular flexibility index (Phi) is 6.33. The van der Waals surface area contributed by atoms with Gasteiger partial charge in [0.1, 0.15) is 5.82 Å². The monoisotopic (exact) mass is 450 g/mol. The maximum atomic E-state index is 13.0. The van der Waals surface area contributed by atoms with Crippen LogP contribution in [0.25, 0.3) is 5.69 Å². The van der Waals surface area contributed by atoms with Gasteiger partial charge in [0.05, 0.1) is 11.6 Å². The predicted molar refractivity (Wildman–Crippen MR) is 129 cm³/mol. The van der Waals surface area contributed by atoms with Crippen LogP contribution in [0.4, 0.5) is 11.5 Å². The number of hydrogen-bond donors (Lipinski definition) is 1. The fourth-order valence-corrected chi connectivity index (χ4v) is 4.23. The van der Waals surface area contributed by atoms with Crippen molar-refractivity contribution >= 4 is 29.0 Å². The van der Waals surface area contributed by atoms with Crippen LogP contribution in [0.5, 0.6) is 0 Å². The molecular formula is C25H27ClN4O2. The largest absolute Gasteiger partial charge is 0.354 e. The van der Waals surface area contributed by atoms with Crippen molar-refractivity contribution in [2.75, 3.05) is 23.3 Å². The number of piperidine rings is 1. The number of anilines is 2. The van der Waals surface area contributed by atoms with Crippen LogP contribution in [0, 0.1) is 26.7 Å². The number of nitrogens with one attached hydrogen (secondary N) is 1. The molecule has 0 saturated carbocycles. The van der Waals surface area contributed by atoms with Crippen LogP contribution in [0.1, 0.15) is 29.5 Å². The molecule has 1 aromatic heterocycles. The molecule has 2 aromatic carbocycles. The van der Waals surface area contributed by atoms with Crippen molar-refractivity contribution in [1.29, 1.82) is 0 Å². The smallest absolute Gasteiger partial charge is 0.271 e. The molecule has 6 nitrogen and oxygen atoms in total. The minimum absolute atomic E-state index is 0.0142. The molecule has 1 aliphatic rings. The molecule has 1 amide bonds. The average Bonchev–Trinajstić information content (AvgIpc) is 2.78. The van der Waals surface area contributed by atoms with Crippen LogP contribution in [-0.4, -0.2) is 28.8 Å². The van der Waals surface area contributed by atoms with E-state index in [2.05, 4.69) is 21.4 Å². The van der Waals surface area contributed by atoms with Gasteiger partial charge in [0, 0.05) is 29.9 Å². The first-order chi connectivity index (χ1) is 15.3. The quantitative estimate of drug-likeness (QED) is 0.627. The number of hydrogen-bond acceptors (Lipinski definition) is 4. The molecule has 1 aliphatic heterocycles. The van der Waals surface area contributed by atoms with Crippen LogP contribution in [0.2, 0.25) is 5.02 Å². The summed E-state index contributed by atoms with van der Waals surface area (Å²) in [6, 6.07) is 14.7. The number of amides is 1. The molecule has 1 atom stereocenters. The van der Waals surface area contributed by atoms with Gasteiger partial charge in [-0.15, -0.1) is 5.10 Å². The summed E-state index contributed by atoms with van der Waals surface area (Å²) < 4.78 is 1.36. The molecule has 32 heavy (non-hydrogen) atoms. The van der Waals surface area contributed by atoms with Crippen LogP contribution < -0.4 is 15.8 Å². The van der Waals surface area contributed by atoms with Crippen molar-refractivity contribution in [1.82, 2.24) is 9.78 Å². The number of rotatable bonds is 4. The maximum Gasteiger partial charge on any atom is 0.271 e. The summed E-state index contributed by atoms with van der Waals surface area (Å²) >= 11 is 6.25. The fraction of sp³-hybridized carbons (Fsp3) is 0.320. The zero-order valence-corrected chi connectivity index (χ0v) is 19.3. The lowest BCUT2D eigenvalue weighted by Gasteiger charge is -2.33. The Balaban J connectivity index is 1.53. The lowest BCUT2D eigenvalue weighted by Crippen LogP contribution is -2.41. The van der Waals surface area contributed by atoms with E-state index in [0.717, 1.165) is 36.2 Å². The number of nitrogens with zero attached hydrogens (tertiary/aromatic N) is 3. The Morgan fingerprint density at radius 3 is 2.62 bits per heavy atom. The molecule has 4 rings (SSSR count). The first-order valence-electron chi connectivity index (χ1n) is 10.8. The highest BCUT2D eigenvalue weighted by Crippen LogP contribution is 2.24. The lowest BCUT2D eigenvalue weighted by atomic mass is 9.96. The van der Waals surface area contributed by atoms with Gasteiger partial charge in [0.15, 0.2) is 0 Å². The van der Waals surface area contributed by atoms with Gasteiger partial charge >= 0.3 is 0 Å². The SMILES string of the molecule is Cc1ccc(NC(=O)[C@@H]2CCCN(c3ccc(=O)n(-c4ccc(C)c(Cl)c4)n3)C2)c(C)c1. The number of carbonyl (C=O) groups is 1. The lowest BCUT2D eigenvalue weighted by molar-refractivity contribution is -0.120. The molecule has 0 radical (unpaired) electrons. The highest BCUT2D eigenvalue weighted by molar-refractivity contribution is 6.31. The summed E-state index contributed by atoms with van der Waals surface area (Å²) in [5.41, 5.74) is 4.40. The Labute approximate surface area is 192 Å². The Hall–Kier alpha value is -3.12. The molecule has 3 aromatic rings. The van der Waals surface area contributed by atoms with Crippen molar-refractivity contribution < 1.29 is 4.79 Å². The minimum Gasteiger partial charge on any atom is -0.354 e. The van der Waals surface area contributed by atoms with Crippen molar-refractivity contribution in [3.8, 4) is 5.69 Å². The van der Waals surface area contributed by atoms with Crippen molar-refractivity contribution in [3.63, 3.8) is 0 Å². The number of halogens is 1. The molecular weight excluding hydrogens is 424 g/mol. The zero-order chi connectivity index (χ0) is 22.8. The van der Waals surface area contributed by atoms with Gasteiger partial charge in [-0.3, -0.25) is 9.59 Å². The Morgan fingerprint density at radius 2 is 1.88 bits per heavy atom. The van der Waals surface area contributed by atoms with Crippen molar-refractivity contribution in [3.05, 3.63) is 80.6 Å². The fourth-order valence-electron chi connectivity index (χ4n) is 4.06. The van der Waals surface area contributed by atoms with Crippen molar-refractivity contribution in [2.24, 2.45) is 5.92 Å². The molecule has 2 heterocycles. The molecule has 0 spiro atoms. The van der Waals surface area contributed by atoms with Crippen LogP contribution in [-0.2, 0) is 4.79 Å². The van der Waals surface area contributed by atoms with Crippen LogP contribution >= 0.6 is 11.6 Å². The van der Waals surface area contributed by atoms with Gasteiger partial charge in [0.2, 0.25) is 5.91 Å². The third kappa shape index (κ3) is 4.70. The third-order valence-electron chi connectivity index (χ3n) is 5.94. The molecule has 1 N–H and O–H groups in total. The van der Waals surface area contributed by atoms with Gasteiger partial charge in [-0.25, -0.2) is 0 Å². The summed E-state index contributed by atoms with van der Waals surface area (Å²) in [5.74, 6) is 0.533. The molecule has 166 valence electrons. The molecule has 0 aliphatic carbocycles. The Morgan fingerprint density at radius 1 is 1.06 bits per heavy atom. The second-order valence-corrected chi connectivity index (χ2v) is 8.88. The van der Waals surface area contributed by atoms with E-state index in [4.69, 9.17) is 11.6 Å². The zero-order valence-electron chi connectivity index (χ0n) is 18.6. The topological polar surface area (TPSA) is 67.2 Å². The predicted octanol–water partition coefficient (Wildman–Crippen LogP) is 4.67. The minimum atomic E-state index is -0.227. The third-order valence-corrected chi connectivity index (χ3v) is 6.35. The van der Waals surface area contributed by atoms with E-state index >= 15 is 0 Å². The second-order valence-electron chi connectivity index (χ2n) is 8.47. The van der Waals surface area contributed by atoms with E-state index in [-0.39, 0.29) is 17.4 Å². The van der Waals surface area contributed by atoms with Gasteiger partial charge in [-0.1, -0.05) is 35.4 Å². The van der Waals surface area contributed by atoms with E-state index < -0.39 is 0 Å². The van der Waals surface area contributed by atoms with E-state index in [1.165, 1.54) is 16.3 Å². The molecule has 7 heteroatoms. The van der Waals surface area contributed by atoms with E-state index in [0.29, 0.717) is 23.1 Å². The van der Waals surface area contributed by atoms with Crippen LogP contribution in [0.3, 0.4) is 0 Å². The van der Waals surface area contributed by atoms with Gasteiger partial charge in [-0.2, -0.15) is 4.68 Å². The number of benzene rings is 2. The van der Waals surface area contributed by atoms with Crippen molar-refractivity contribution in [2.45, 2.75) is 33.6 Å². The molecule has 1 fully saturated rings. The molecule has 0 unspecified atom stereocenters. The normalized spacial score (nSPS) is 16.1. The van der Waals surface area contributed by atoms with E-state index in [9.17, 15) is 9.59 Å². The standard InChI is InChI=1S/C25H27ClN4O2/c1-16-6-9-22(18(3)13-16)27-25(32)19-5-4-12-29(15-19)23-10-11-24(31)30(28-23)20-8-7-17(2)21(26)14-20/h6-11,13-14,19H,4-5,12,15H2,1-3H3,(H,27,32)/t19-/m1/s1. The first kappa shape index (κ1) is 22.1. The summed E-state index contributed by atoms with van der Waals surface area (Å²) in [4.78, 5) is 27.5. The first-order valence-corrected chi connectivity index (χ1v) is 11.2. The second kappa shape index (κ2) is 9.17. The molecule has 0 bridgehead atoms. The van der Waals surface area contributed by atoms with Gasteiger partial charge in [0.25, 0.3) is 5.56 Å². The van der Waals surface area contributed by atoms with Crippen LogP contribution in [0.15, 0.2) is 53.3 Å². The summed E-state index contributed by atoms with van der Waals surface area (Å²) in [7, 11) is 0. The average molecular weight is 451 g/mol. The summed E-state index contributed by atoms with van der Waals surface area (Å²) in [5, 5.41) is 8.25. The highest BCUT2D eigenvalue weighted by Gasteiger charge is 2.27. The Bertz CT molecular complexity index is 1220. The van der Waals surface area contributed by atoms with E-state index in [1.54, 1.807) is 12.1 Å².